The zero-order valence-electron chi connectivity index (χ0n) is 16.0. The molecule has 2 N–H and O–H groups in total. The normalized spacial score (nSPS) is 19.2. The topological polar surface area (TPSA) is 94.1 Å². The van der Waals surface area contributed by atoms with Crippen LogP contribution in [0.2, 0.25) is 10.0 Å². The molecule has 1 aliphatic carbocycles. The molecule has 8 nitrogen and oxygen atoms in total. The highest BCUT2D eigenvalue weighted by Crippen LogP contribution is 2.24. The highest BCUT2D eigenvalue weighted by atomic mass is 35.5. The van der Waals surface area contributed by atoms with E-state index in [4.69, 9.17) is 23.2 Å². The van der Waals surface area contributed by atoms with Crippen molar-refractivity contribution < 1.29 is 5.11 Å². The summed E-state index contributed by atoms with van der Waals surface area (Å²) in [7, 11) is 3.37. The first-order valence-electron chi connectivity index (χ1n) is 9.31. The molecule has 1 aliphatic rings. The lowest BCUT2D eigenvalue weighted by atomic mass is 10.2. The van der Waals surface area contributed by atoms with Crippen molar-refractivity contribution in [2.45, 2.75) is 38.0 Å². The van der Waals surface area contributed by atoms with Gasteiger partial charge in [0.2, 0.25) is 5.95 Å². The maximum atomic E-state index is 13.1. The second-order valence-electron chi connectivity index (χ2n) is 7.46. The van der Waals surface area contributed by atoms with Gasteiger partial charge in [-0.3, -0.25) is 18.5 Å². The quantitative estimate of drug-likeness (QED) is 0.651. The van der Waals surface area contributed by atoms with Gasteiger partial charge in [-0.1, -0.05) is 29.3 Å². The second-order valence-corrected chi connectivity index (χ2v) is 8.27. The number of hydrogen-bond donors (Lipinski definition) is 2. The van der Waals surface area contributed by atoms with Gasteiger partial charge in [0.25, 0.3) is 5.56 Å². The molecule has 3 aromatic rings. The van der Waals surface area contributed by atoms with Crippen molar-refractivity contribution in [2.24, 2.45) is 14.1 Å². The van der Waals surface area contributed by atoms with E-state index in [-0.39, 0.29) is 24.2 Å². The number of fused-ring (bicyclic) bond motifs is 1. The van der Waals surface area contributed by atoms with Gasteiger partial charge in [-0.15, -0.1) is 0 Å². The summed E-state index contributed by atoms with van der Waals surface area (Å²) in [4.78, 5) is 30.4. The highest BCUT2D eigenvalue weighted by Gasteiger charge is 2.25. The van der Waals surface area contributed by atoms with Crippen molar-refractivity contribution in [2.75, 3.05) is 5.32 Å². The van der Waals surface area contributed by atoms with E-state index in [9.17, 15) is 14.7 Å². The first kappa shape index (κ1) is 20.0. The van der Waals surface area contributed by atoms with E-state index >= 15 is 0 Å². The number of anilines is 1. The molecule has 154 valence electrons. The summed E-state index contributed by atoms with van der Waals surface area (Å²) in [6.07, 6.45) is 1.86. The molecule has 0 bridgehead atoms. The zero-order chi connectivity index (χ0) is 20.9. The number of hydrogen-bond acceptors (Lipinski definition) is 5. The van der Waals surface area contributed by atoms with Gasteiger partial charge in [0.1, 0.15) is 0 Å². The molecular formula is C19H21Cl2N5O3. The van der Waals surface area contributed by atoms with Gasteiger partial charge in [-0.05, 0) is 37.0 Å². The summed E-state index contributed by atoms with van der Waals surface area (Å²) in [6.45, 7) is 0.0620. The van der Waals surface area contributed by atoms with Gasteiger partial charge in [0, 0.05) is 20.1 Å². The summed E-state index contributed by atoms with van der Waals surface area (Å²) in [5, 5.41) is 13.8. The summed E-state index contributed by atoms with van der Waals surface area (Å²) in [5.41, 5.74) is 0.415. The average molecular weight is 438 g/mol. The number of rotatable bonds is 4. The fraction of sp³-hybridized carbons (Fsp3) is 0.421. The second kappa shape index (κ2) is 7.51. The molecule has 1 fully saturated rings. The Labute approximate surface area is 176 Å². The van der Waals surface area contributed by atoms with E-state index < -0.39 is 11.2 Å². The third-order valence-electron chi connectivity index (χ3n) is 5.41. The van der Waals surface area contributed by atoms with E-state index in [2.05, 4.69) is 10.3 Å². The molecule has 4 rings (SSSR count). The molecule has 1 aromatic carbocycles. The lowest BCUT2D eigenvalue weighted by Crippen LogP contribution is -2.39. The molecule has 0 amide bonds. The number of aromatic nitrogens is 4. The molecule has 1 saturated carbocycles. The summed E-state index contributed by atoms with van der Waals surface area (Å²) >= 11 is 12.0. The number of aliphatic hydroxyl groups is 1. The maximum absolute atomic E-state index is 13.1. The molecule has 2 atom stereocenters. The Morgan fingerprint density at radius 3 is 2.59 bits per heavy atom. The van der Waals surface area contributed by atoms with E-state index in [1.807, 2.05) is 0 Å². The van der Waals surface area contributed by atoms with Crippen molar-refractivity contribution in [3.63, 3.8) is 0 Å². The SMILES string of the molecule is Cn1c(N[C@@H]2CC[C@@H](O)C2)nc2c(=O)n(Cc3ccc(Cl)c(Cl)c3)c(=O)n(C)c21. The minimum atomic E-state index is -0.468. The van der Waals surface area contributed by atoms with Gasteiger partial charge >= 0.3 is 5.69 Å². The van der Waals surface area contributed by atoms with Gasteiger partial charge in [-0.2, -0.15) is 0 Å². The predicted molar refractivity (Wildman–Crippen MR) is 113 cm³/mol. The molecule has 29 heavy (non-hydrogen) atoms. The smallest absolute Gasteiger partial charge is 0.332 e. The Morgan fingerprint density at radius 2 is 1.93 bits per heavy atom. The van der Waals surface area contributed by atoms with E-state index in [1.54, 1.807) is 36.9 Å². The summed E-state index contributed by atoms with van der Waals surface area (Å²) in [6, 6.07) is 5.07. The molecule has 10 heteroatoms. The number of benzene rings is 1. The number of halogens is 2. The Kier molecular flexibility index (Phi) is 5.18. The lowest BCUT2D eigenvalue weighted by Gasteiger charge is -2.13. The van der Waals surface area contributed by atoms with Crippen molar-refractivity contribution in [3.8, 4) is 0 Å². The third kappa shape index (κ3) is 3.56. The fourth-order valence-corrected chi connectivity index (χ4v) is 4.18. The summed E-state index contributed by atoms with van der Waals surface area (Å²) < 4.78 is 4.25. The fourth-order valence-electron chi connectivity index (χ4n) is 3.86. The molecule has 2 aromatic heterocycles. The molecule has 0 unspecified atom stereocenters. The Morgan fingerprint density at radius 1 is 1.17 bits per heavy atom. The van der Waals surface area contributed by atoms with Crippen molar-refractivity contribution in [1.82, 2.24) is 18.7 Å². The van der Waals surface area contributed by atoms with Crippen LogP contribution in [0.1, 0.15) is 24.8 Å². The molecule has 0 spiro atoms. The number of imidazole rings is 1. The van der Waals surface area contributed by atoms with Crippen LogP contribution >= 0.6 is 23.2 Å². The largest absolute Gasteiger partial charge is 0.393 e. The Balaban J connectivity index is 1.78. The highest BCUT2D eigenvalue weighted by molar-refractivity contribution is 6.42. The van der Waals surface area contributed by atoms with Crippen LogP contribution in [0.4, 0.5) is 5.95 Å². The van der Waals surface area contributed by atoms with E-state index in [1.165, 1.54) is 4.57 Å². The standard InChI is InChI=1S/C19H21Cl2N5O3/c1-24-16-15(23-18(24)22-11-4-5-12(27)8-11)17(28)26(19(29)25(16)2)9-10-3-6-13(20)14(21)7-10/h3,6-7,11-12,27H,4-5,8-9H2,1-2H3,(H,22,23)/t11-,12-/m1/s1. The van der Waals surface area contributed by atoms with Gasteiger partial charge in [0.15, 0.2) is 11.2 Å². The minimum Gasteiger partial charge on any atom is -0.393 e. The molecule has 0 saturated heterocycles. The molecule has 2 heterocycles. The zero-order valence-corrected chi connectivity index (χ0v) is 17.5. The number of nitrogens with zero attached hydrogens (tertiary/aromatic N) is 4. The van der Waals surface area contributed by atoms with Gasteiger partial charge in [0.05, 0.1) is 22.7 Å². The maximum Gasteiger partial charge on any atom is 0.332 e. The molecular weight excluding hydrogens is 417 g/mol. The minimum absolute atomic E-state index is 0.0620. The van der Waals surface area contributed by atoms with Gasteiger partial charge in [-0.25, -0.2) is 9.78 Å². The third-order valence-corrected chi connectivity index (χ3v) is 6.15. The van der Waals surface area contributed by atoms with Crippen LogP contribution < -0.4 is 16.6 Å². The molecule has 0 radical (unpaired) electrons. The van der Waals surface area contributed by atoms with Crippen LogP contribution in [0.15, 0.2) is 27.8 Å². The monoisotopic (exact) mass is 437 g/mol. The first-order valence-corrected chi connectivity index (χ1v) is 10.1. The number of aliphatic hydroxyl groups excluding tert-OH is 1. The van der Waals surface area contributed by atoms with Crippen molar-refractivity contribution in [3.05, 3.63) is 54.6 Å². The van der Waals surface area contributed by atoms with Crippen molar-refractivity contribution >= 4 is 40.3 Å². The lowest BCUT2D eigenvalue weighted by molar-refractivity contribution is 0.182. The Bertz CT molecular complexity index is 1210. The average Bonchev–Trinajstić information content (AvgIpc) is 3.23. The first-order chi connectivity index (χ1) is 13.8. The molecule has 0 aliphatic heterocycles. The van der Waals surface area contributed by atoms with Crippen LogP contribution in [0.25, 0.3) is 11.2 Å². The van der Waals surface area contributed by atoms with Crippen molar-refractivity contribution in [1.29, 1.82) is 0 Å². The summed E-state index contributed by atoms with van der Waals surface area (Å²) in [5.74, 6) is 0.499. The number of nitrogens with one attached hydrogen (secondary N) is 1. The van der Waals surface area contributed by atoms with Gasteiger partial charge < -0.3 is 10.4 Å². The van der Waals surface area contributed by atoms with Crippen LogP contribution in [0, 0.1) is 0 Å². The predicted octanol–water partition coefficient (Wildman–Crippen LogP) is 2.11. The van der Waals surface area contributed by atoms with E-state index in [0.29, 0.717) is 33.6 Å². The van der Waals surface area contributed by atoms with Crippen LogP contribution in [-0.2, 0) is 20.6 Å². The van der Waals surface area contributed by atoms with Crippen LogP contribution in [0.3, 0.4) is 0 Å². The number of aryl methyl sites for hydroxylation is 2. The van der Waals surface area contributed by atoms with Crippen LogP contribution in [0.5, 0.6) is 0 Å². The van der Waals surface area contributed by atoms with Crippen LogP contribution in [-0.4, -0.2) is 35.9 Å². The Hall–Kier alpha value is -2.29. The van der Waals surface area contributed by atoms with E-state index in [0.717, 1.165) is 17.4 Å².